The summed E-state index contributed by atoms with van der Waals surface area (Å²) in [6.07, 6.45) is 0.397. The SMILES string of the molecule is CCC(CC)(NS(=O)(=O)c1ccc([N+](=O)[O-])c(C)c1)C(N)=O. The molecule has 0 fully saturated rings. The number of nitro benzene ring substituents is 1. The first-order chi connectivity index (χ1) is 10.1. The molecule has 1 rings (SSSR count). The highest BCUT2D eigenvalue weighted by Crippen LogP contribution is 2.24. The van der Waals surface area contributed by atoms with E-state index in [4.69, 9.17) is 5.73 Å². The molecule has 3 N–H and O–H groups in total. The number of benzene rings is 1. The molecule has 0 atom stereocenters. The third-order valence-electron chi connectivity index (χ3n) is 3.68. The number of carbonyl (C=O) groups is 1. The highest BCUT2D eigenvalue weighted by atomic mass is 32.2. The Hall–Kier alpha value is -2.00. The van der Waals surface area contributed by atoms with Crippen molar-refractivity contribution < 1.29 is 18.1 Å². The molecule has 0 unspecified atom stereocenters. The van der Waals surface area contributed by atoms with Gasteiger partial charge in [-0.2, -0.15) is 4.72 Å². The van der Waals surface area contributed by atoms with Gasteiger partial charge in [-0.25, -0.2) is 8.42 Å². The van der Waals surface area contributed by atoms with Crippen LogP contribution in [0.2, 0.25) is 0 Å². The fourth-order valence-corrected chi connectivity index (χ4v) is 3.71. The van der Waals surface area contributed by atoms with E-state index in [-0.39, 0.29) is 29.0 Å². The maximum atomic E-state index is 12.4. The first kappa shape index (κ1) is 18.1. The van der Waals surface area contributed by atoms with Gasteiger partial charge in [0.25, 0.3) is 5.69 Å². The number of nitrogens with zero attached hydrogens (tertiary/aromatic N) is 1. The van der Waals surface area contributed by atoms with Crippen molar-refractivity contribution in [1.29, 1.82) is 0 Å². The molecular formula is C13H19N3O5S. The summed E-state index contributed by atoms with van der Waals surface area (Å²) >= 11 is 0. The fourth-order valence-electron chi connectivity index (χ4n) is 2.11. The zero-order valence-electron chi connectivity index (χ0n) is 12.6. The van der Waals surface area contributed by atoms with E-state index < -0.39 is 26.4 Å². The van der Waals surface area contributed by atoms with E-state index in [0.29, 0.717) is 0 Å². The summed E-state index contributed by atoms with van der Waals surface area (Å²) in [5, 5.41) is 10.8. The van der Waals surface area contributed by atoms with Gasteiger partial charge in [-0.15, -0.1) is 0 Å². The summed E-state index contributed by atoms with van der Waals surface area (Å²) in [5.74, 6) is -0.764. The number of hydrogen-bond donors (Lipinski definition) is 2. The van der Waals surface area contributed by atoms with Crippen molar-refractivity contribution in [3.8, 4) is 0 Å². The maximum absolute atomic E-state index is 12.4. The van der Waals surface area contributed by atoms with Crippen molar-refractivity contribution in [3.05, 3.63) is 33.9 Å². The van der Waals surface area contributed by atoms with E-state index in [1.54, 1.807) is 13.8 Å². The predicted molar refractivity (Wildman–Crippen MR) is 80.7 cm³/mol. The predicted octanol–water partition coefficient (Wildman–Crippen LogP) is 1.23. The quantitative estimate of drug-likeness (QED) is 0.573. The number of carbonyl (C=O) groups excluding carboxylic acids is 1. The second-order valence-corrected chi connectivity index (χ2v) is 6.65. The molecule has 0 aliphatic rings. The van der Waals surface area contributed by atoms with Crippen LogP contribution in [-0.2, 0) is 14.8 Å². The first-order valence-electron chi connectivity index (χ1n) is 6.68. The standard InChI is InChI=1S/C13H19N3O5S/c1-4-13(5-2,12(14)17)15-22(20,21)10-6-7-11(16(18)19)9(3)8-10/h6-8,15H,4-5H2,1-3H3,(H2,14,17). The molecule has 0 heterocycles. The van der Waals surface area contributed by atoms with E-state index in [1.807, 2.05) is 0 Å². The van der Waals surface area contributed by atoms with Crippen molar-refractivity contribution in [2.24, 2.45) is 5.73 Å². The summed E-state index contributed by atoms with van der Waals surface area (Å²) in [5.41, 5.74) is 3.97. The number of rotatable bonds is 7. The van der Waals surface area contributed by atoms with Gasteiger partial charge in [-0.05, 0) is 31.9 Å². The normalized spacial score (nSPS) is 12.1. The van der Waals surface area contributed by atoms with Crippen LogP contribution in [0.5, 0.6) is 0 Å². The smallest absolute Gasteiger partial charge is 0.272 e. The van der Waals surface area contributed by atoms with E-state index in [0.717, 1.165) is 12.1 Å². The van der Waals surface area contributed by atoms with Gasteiger partial charge < -0.3 is 5.73 Å². The monoisotopic (exact) mass is 329 g/mol. The maximum Gasteiger partial charge on any atom is 0.272 e. The molecule has 0 radical (unpaired) electrons. The summed E-state index contributed by atoms with van der Waals surface area (Å²) in [4.78, 5) is 21.6. The summed E-state index contributed by atoms with van der Waals surface area (Å²) in [6.45, 7) is 4.74. The zero-order valence-corrected chi connectivity index (χ0v) is 13.4. The van der Waals surface area contributed by atoms with Crippen LogP contribution in [0.1, 0.15) is 32.3 Å². The number of aryl methyl sites for hydroxylation is 1. The Morgan fingerprint density at radius 2 is 1.91 bits per heavy atom. The minimum absolute atomic E-state index is 0.150. The van der Waals surface area contributed by atoms with Crippen molar-refractivity contribution in [3.63, 3.8) is 0 Å². The summed E-state index contributed by atoms with van der Waals surface area (Å²) < 4.78 is 27.2. The topological polar surface area (TPSA) is 132 Å². The highest BCUT2D eigenvalue weighted by molar-refractivity contribution is 7.89. The van der Waals surface area contributed by atoms with Crippen LogP contribution in [0.4, 0.5) is 5.69 Å². The lowest BCUT2D eigenvalue weighted by Gasteiger charge is -2.28. The molecule has 0 aliphatic carbocycles. The third kappa shape index (κ3) is 3.42. The van der Waals surface area contributed by atoms with Gasteiger partial charge in [0.2, 0.25) is 15.9 Å². The summed E-state index contributed by atoms with van der Waals surface area (Å²) in [7, 11) is -4.03. The van der Waals surface area contributed by atoms with Crippen molar-refractivity contribution in [2.75, 3.05) is 0 Å². The van der Waals surface area contributed by atoms with Crippen LogP contribution in [0.3, 0.4) is 0 Å². The van der Waals surface area contributed by atoms with Gasteiger partial charge in [0, 0.05) is 11.6 Å². The van der Waals surface area contributed by atoms with Crippen LogP contribution in [0, 0.1) is 17.0 Å². The Morgan fingerprint density at radius 3 is 2.27 bits per heavy atom. The number of nitrogens with one attached hydrogen (secondary N) is 1. The van der Waals surface area contributed by atoms with Crippen molar-refractivity contribution >= 4 is 21.6 Å². The van der Waals surface area contributed by atoms with E-state index in [1.165, 1.54) is 13.0 Å². The molecular weight excluding hydrogens is 310 g/mol. The van der Waals surface area contributed by atoms with Crippen molar-refractivity contribution in [2.45, 2.75) is 44.0 Å². The van der Waals surface area contributed by atoms with Gasteiger partial charge >= 0.3 is 0 Å². The Morgan fingerprint density at radius 1 is 1.36 bits per heavy atom. The molecule has 0 saturated carbocycles. The molecule has 1 aromatic rings. The van der Waals surface area contributed by atoms with Crippen LogP contribution in [0.15, 0.2) is 23.1 Å². The number of hydrogen-bond acceptors (Lipinski definition) is 5. The number of amides is 1. The molecule has 1 aromatic carbocycles. The Bertz CT molecular complexity index is 696. The minimum Gasteiger partial charge on any atom is -0.368 e. The Labute approximate surface area is 128 Å². The van der Waals surface area contributed by atoms with E-state index in [2.05, 4.69) is 4.72 Å². The van der Waals surface area contributed by atoms with Crippen LogP contribution < -0.4 is 10.5 Å². The van der Waals surface area contributed by atoms with Gasteiger partial charge in [-0.1, -0.05) is 13.8 Å². The van der Waals surface area contributed by atoms with Gasteiger partial charge in [0.05, 0.1) is 9.82 Å². The average molecular weight is 329 g/mol. The average Bonchev–Trinajstić information content (AvgIpc) is 2.44. The van der Waals surface area contributed by atoms with Gasteiger partial charge in [0.1, 0.15) is 5.54 Å². The molecule has 0 aliphatic heterocycles. The van der Waals surface area contributed by atoms with E-state index >= 15 is 0 Å². The molecule has 122 valence electrons. The lowest BCUT2D eigenvalue weighted by molar-refractivity contribution is -0.385. The first-order valence-corrected chi connectivity index (χ1v) is 8.17. The Kier molecular flexibility index (Phi) is 5.26. The van der Waals surface area contributed by atoms with Crippen LogP contribution in [0.25, 0.3) is 0 Å². The minimum atomic E-state index is -4.03. The van der Waals surface area contributed by atoms with Crippen LogP contribution >= 0.6 is 0 Å². The third-order valence-corrected chi connectivity index (χ3v) is 5.22. The highest BCUT2D eigenvalue weighted by Gasteiger charge is 2.37. The molecule has 9 heteroatoms. The Balaban J connectivity index is 3.28. The van der Waals surface area contributed by atoms with Crippen molar-refractivity contribution in [1.82, 2.24) is 4.72 Å². The zero-order chi connectivity index (χ0) is 17.1. The van der Waals surface area contributed by atoms with Gasteiger partial charge in [0.15, 0.2) is 0 Å². The fraction of sp³-hybridized carbons (Fsp3) is 0.462. The second-order valence-electron chi connectivity index (χ2n) is 4.96. The molecule has 0 aromatic heterocycles. The number of sulfonamides is 1. The largest absolute Gasteiger partial charge is 0.368 e. The number of nitrogens with two attached hydrogens (primary N) is 1. The molecule has 22 heavy (non-hydrogen) atoms. The second kappa shape index (κ2) is 6.41. The van der Waals surface area contributed by atoms with Gasteiger partial charge in [-0.3, -0.25) is 14.9 Å². The molecule has 0 spiro atoms. The molecule has 8 nitrogen and oxygen atoms in total. The number of nitro groups is 1. The molecule has 0 bridgehead atoms. The summed E-state index contributed by atoms with van der Waals surface area (Å²) in [6, 6.07) is 3.44. The van der Waals surface area contributed by atoms with Crippen LogP contribution in [-0.4, -0.2) is 24.8 Å². The molecule has 0 saturated heterocycles. The van der Waals surface area contributed by atoms with E-state index in [9.17, 15) is 23.3 Å². The lowest BCUT2D eigenvalue weighted by atomic mass is 9.94. The molecule has 1 amide bonds. The number of primary amides is 1. The lowest BCUT2D eigenvalue weighted by Crippen LogP contribution is -2.56.